The van der Waals surface area contributed by atoms with E-state index in [1.165, 1.54) is 19.2 Å². The molecule has 2 N–H and O–H groups in total. The first-order chi connectivity index (χ1) is 12.3. The van der Waals surface area contributed by atoms with Crippen molar-refractivity contribution >= 4 is 33.5 Å². The molecule has 0 aromatic heterocycles. The summed E-state index contributed by atoms with van der Waals surface area (Å²) in [5.41, 5.74) is 1.47. The summed E-state index contributed by atoms with van der Waals surface area (Å²) in [6, 6.07) is 6.92. The van der Waals surface area contributed by atoms with Gasteiger partial charge in [0.25, 0.3) is 0 Å². The van der Waals surface area contributed by atoms with Crippen LogP contribution in [-0.4, -0.2) is 24.2 Å². The van der Waals surface area contributed by atoms with Crippen LogP contribution in [0.1, 0.15) is 18.1 Å². The lowest BCUT2D eigenvalue weighted by Gasteiger charge is -2.16. The largest absolute Gasteiger partial charge is 0.493 e. The summed E-state index contributed by atoms with van der Waals surface area (Å²) in [6.07, 6.45) is 0. The number of carbonyl (C=O) groups is 1. The second-order valence-corrected chi connectivity index (χ2v) is 6.82. The highest BCUT2D eigenvalue weighted by atomic mass is 79.9. The van der Waals surface area contributed by atoms with Crippen LogP contribution in [0.5, 0.6) is 11.5 Å². The van der Waals surface area contributed by atoms with E-state index in [0.717, 1.165) is 10.0 Å². The monoisotopic (exact) mass is 445 g/mol. The number of ether oxygens (including phenoxy) is 2. The first-order valence-corrected chi connectivity index (χ1v) is 8.88. The molecule has 0 spiro atoms. The van der Waals surface area contributed by atoms with Crippen molar-refractivity contribution in [2.45, 2.75) is 26.1 Å². The van der Waals surface area contributed by atoms with Crippen molar-refractivity contribution in [2.75, 3.05) is 7.11 Å². The molecule has 140 valence electrons. The quantitative estimate of drug-likeness (QED) is 0.629. The highest BCUT2D eigenvalue weighted by Gasteiger charge is 2.14. The van der Waals surface area contributed by atoms with E-state index < -0.39 is 17.8 Å². The van der Waals surface area contributed by atoms with Crippen LogP contribution in [0.15, 0.2) is 34.8 Å². The fourth-order valence-corrected chi connectivity index (χ4v) is 2.81. The van der Waals surface area contributed by atoms with E-state index in [9.17, 15) is 9.18 Å². The maximum Gasteiger partial charge on any atom is 0.320 e. The second kappa shape index (κ2) is 9.21. The predicted octanol–water partition coefficient (Wildman–Crippen LogP) is 4.39. The number of carboxylic acids is 1. The van der Waals surface area contributed by atoms with Gasteiger partial charge in [-0.15, -0.1) is 0 Å². The van der Waals surface area contributed by atoms with E-state index in [2.05, 4.69) is 21.2 Å². The number of hydrogen-bond donors (Lipinski definition) is 2. The van der Waals surface area contributed by atoms with Crippen LogP contribution in [0.2, 0.25) is 5.02 Å². The minimum atomic E-state index is -0.927. The number of methoxy groups -OCH3 is 1. The third-order valence-electron chi connectivity index (χ3n) is 3.70. The summed E-state index contributed by atoms with van der Waals surface area (Å²) in [5.74, 6) is -0.364. The van der Waals surface area contributed by atoms with E-state index in [1.54, 1.807) is 25.1 Å². The van der Waals surface area contributed by atoms with Crippen molar-refractivity contribution in [2.24, 2.45) is 0 Å². The van der Waals surface area contributed by atoms with Gasteiger partial charge in [0.15, 0.2) is 11.5 Å². The molecule has 0 fully saturated rings. The maximum atomic E-state index is 13.1. The van der Waals surface area contributed by atoms with Gasteiger partial charge >= 0.3 is 5.97 Å². The Morgan fingerprint density at radius 3 is 2.65 bits per heavy atom. The number of carboxylic acid groups (broad SMARTS) is 1. The van der Waals surface area contributed by atoms with Gasteiger partial charge in [0.2, 0.25) is 0 Å². The molecular formula is C18H18BrClFNO4. The van der Waals surface area contributed by atoms with E-state index in [-0.39, 0.29) is 11.6 Å². The lowest BCUT2D eigenvalue weighted by Crippen LogP contribution is -2.33. The normalized spacial score (nSPS) is 11.9. The summed E-state index contributed by atoms with van der Waals surface area (Å²) >= 11 is 9.45. The third-order valence-corrected chi connectivity index (χ3v) is 4.79. The van der Waals surface area contributed by atoms with Gasteiger partial charge in [-0.1, -0.05) is 33.6 Å². The average molecular weight is 447 g/mol. The van der Waals surface area contributed by atoms with Crippen LogP contribution in [0, 0.1) is 5.82 Å². The van der Waals surface area contributed by atoms with Crippen molar-refractivity contribution in [3.05, 3.63) is 56.8 Å². The third kappa shape index (κ3) is 5.33. The molecule has 26 heavy (non-hydrogen) atoms. The van der Waals surface area contributed by atoms with Crippen molar-refractivity contribution in [1.29, 1.82) is 0 Å². The number of nitrogens with one attached hydrogen (secondary N) is 1. The molecule has 8 heteroatoms. The topological polar surface area (TPSA) is 67.8 Å². The molecule has 0 aliphatic carbocycles. The number of aliphatic carboxylic acids is 1. The zero-order valence-electron chi connectivity index (χ0n) is 14.2. The summed E-state index contributed by atoms with van der Waals surface area (Å²) < 4.78 is 25.0. The Morgan fingerprint density at radius 1 is 1.31 bits per heavy atom. The standard InChI is InChI=1S/C18H18BrClFNO4/c1-10(18(23)24)22-8-12-5-16(25-2)17(7-14(12)19)26-9-11-3-4-13(21)6-15(11)20/h3-7,10,22H,8-9H2,1-2H3,(H,23,24). The SMILES string of the molecule is COc1cc(CNC(C)C(=O)O)c(Br)cc1OCc1ccc(F)cc1Cl. The summed E-state index contributed by atoms with van der Waals surface area (Å²) in [6.45, 7) is 2.06. The van der Waals surface area contributed by atoms with Gasteiger partial charge in [0.1, 0.15) is 18.5 Å². The molecule has 2 rings (SSSR count). The Bertz CT molecular complexity index is 803. The van der Waals surface area contributed by atoms with Gasteiger partial charge in [0.05, 0.1) is 12.1 Å². The number of rotatable bonds is 8. The smallest absolute Gasteiger partial charge is 0.320 e. The summed E-state index contributed by atoms with van der Waals surface area (Å²) in [7, 11) is 1.51. The van der Waals surface area contributed by atoms with Crippen LogP contribution < -0.4 is 14.8 Å². The molecule has 2 aromatic rings. The Morgan fingerprint density at radius 2 is 2.04 bits per heavy atom. The van der Waals surface area contributed by atoms with Gasteiger partial charge in [-0.05, 0) is 36.8 Å². The van der Waals surface area contributed by atoms with E-state index in [4.69, 9.17) is 26.2 Å². The van der Waals surface area contributed by atoms with Crippen molar-refractivity contribution in [3.8, 4) is 11.5 Å². The first kappa shape index (κ1) is 20.5. The Hall–Kier alpha value is -1.83. The van der Waals surface area contributed by atoms with Gasteiger partial charge < -0.3 is 19.9 Å². The minimum absolute atomic E-state index is 0.148. The molecule has 2 aromatic carbocycles. The zero-order valence-corrected chi connectivity index (χ0v) is 16.5. The minimum Gasteiger partial charge on any atom is -0.493 e. The van der Waals surface area contributed by atoms with Crippen LogP contribution in [0.25, 0.3) is 0 Å². The highest BCUT2D eigenvalue weighted by Crippen LogP contribution is 2.34. The lowest BCUT2D eigenvalue weighted by molar-refractivity contribution is -0.139. The molecule has 0 aliphatic rings. The first-order valence-electron chi connectivity index (χ1n) is 7.71. The fourth-order valence-electron chi connectivity index (χ4n) is 2.13. The van der Waals surface area contributed by atoms with Crippen molar-refractivity contribution < 1.29 is 23.8 Å². The molecule has 0 heterocycles. The molecule has 0 bridgehead atoms. The molecule has 0 saturated heterocycles. The Balaban J connectivity index is 2.13. The molecule has 0 aliphatic heterocycles. The van der Waals surface area contributed by atoms with Crippen LogP contribution >= 0.6 is 27.5 Å². The van der Waals surface area contributed by atoms with E-state index >= 15 is 0 Å². The average Bonchev–Trinajstić information content (AvgIpc) is 2.59. The summed E-state index contributed by atoms with van der Waals surface area (Å²) in [5, 5.41) is 12.1. The molecule has 5 nitrogen and oxygen atoms in total. The molecule has 1 unspecified atom stereocenters. The molecule has 1 atom stereocenters. The number of benzene rings is 2. The maximum absolute atomic E-state index is 13.1. The fraction of sp³-hybridized carbons (Fsp3) is 0.278. The number of halogens is 3. The Kier molecular flexibility index (Phi) is 7.25. The highest BCUT2D eigenvalue weighted by molar-refractivity contribution is 9.10. The predicted molar refractivity (Wildman–Crippen MR) is 100 cm³/mol. The molecule has 0 radical (unpaired) electrons. The van der Waals surface area contributed by atoms with Gasteiger partial charge in [-0.2, -0.15) is 0 Å². The summed E-state index contributed by atoms with van der Waals surface area (Å²) in [4.78, 5) is 10.9. The van der Waals surface area contributed by atoms with Crippen LogP contribution in [0.3, 0.4) is 0 Å². The van der Waals surface area contributed by atoms with Crippen LogP contribution in [-0.2, 0) is 17.9 Å². The molecular weight excluding hydrogens is 429 g/mol. The molecule has 0 saturated carbocycles. The Labute approximate surface area is 164 Å². The zero-order chi connectivity index (χ0) is 19.3. The van der Waals surface area contributed by atoms with Crippen molar-refractivity contribution in [1.82, 2.24) is 5.32 Å². The van der Waals surface area contributed by atoms with Gasteiger partial charge in [0, 0.05) is 16.6 Å². The molecule has 0 amide bonds. The van der Waals surface area contributed by atoms with E-state index in [1.807, 2.05) is 0 Å². The van der Waals surface area contributed by atoms with Gasteiger partial charge in [-0.3, -0.25) is 4.79 Å². The van der Waals surface area contributed by atoms with Crippen LogP contribution in [0.4, 0.5) is 4.39 Å². The number of hydrogen-bond acceptors (Lipinski definition) is 4. The van der Waals surface area contributed by atoms with E-state index in [0.29, 0.717) is 23.6 Å². The van der Waals surface area contributed by atoms with Gasteiger partial charge in [-0.25, -0.2) is 4.39 Å². The lowest BCUT2D eigenvalue weighted by atomic mass is 10.2. The second-order valence-electron chi connectivity index (χ2n) is 5.56. The van der Waals surface area contributed by atoms with Crippen molar-refractivity contribution in [3.63, 3.8) is 0 Å².